The minimum Gasteiger partial charge on any atom is -0.455 e. The molecule has 0 unspecified atom stereocenters. The Morgan fingerprint density at radius 3 is 1.92 bits per heavy atom. The Kier molecular flexibility index (Phi) is 9.61. The van der Waals surface area contributed by atoms with Crippen LogP contribution in [0.1, 0.15) is 63.0 Å². The normalized spacial score (nSPS) is 12.7. The molecule has 61 heavy (non-hydrogen) atoms. The first-order valence-electron chi connectivity index (χ1n) is 20.0. The summed E-state index contributed by atoms with van der Waals surface area (Å²) in [4.78, 5) is 32.3. The molecule has 0 radical (unpaired) electrons. The number of pyridine rings is 1. The van der Waals surface area contributed by atoms with Gasteiger partial charge in [-0.15, -0.1) is 15.0 Å². The number of rotatable bonds is 12. The highest BCUT2D eigenvalue weighted by Gasteiger charge is 2.41. The minimum absolute atomic E-state index is 0.136. The first-order chi connectivity index (χ1) is 30.0. The Bertz CT molecular complexity index is 2970. The van der Waals surface area contributed by atoms with E-state index in [2.05, 4.69) is 36.4 Å². The van der Waals surface area contributed by atoms with Gasteiger partial charge in [-0.2, -0.15) is 0 Å². The number of fused-ring (bicyclic) bond motifs is 1. The molecule has 6 aromatic carbocycles. The highest BCUT2D eigenvalue weighted by atomic mass is 16.6. The molecule has 298 valence electrons. The van der Waals surface area contributed by atoms with E-state index in [4.69, 9.17) is 38.7 Å². The number of tetrazole rings is 1. The van der Waals surface area contributed by atoms with Gasteiger partial charge in [0.2, 0.25) is 5.82 Å². The number of aryl methyl sites for hydroxylation is 1. The number of hydrogen-bond donors (Lipinski definition) is 0. The lowest BCUT2D eigenvalue weighted by Gasteiger charge is -2.34. The van der Waals surface area contributed by atoms with Crippen molar-refractivity contribution in [1.29, 1.82) is 0 Å². The maximum atomic E-state index is 14.0. The SMILES string of the molecule is Cc1oc(=O)oc1COC(=O)c1c(Oc2ccc(-c3ccccc3-c3nnn(C(c4ccccc4)(c4ccccc4)c4ccccc4)n3)cc2)c(C2CC2)nc2ccccc12. The van der Waals surface area contributed by atoms with Crippen LogP contribution in [0.3, 0.4) is 0 Å². The van der Waals surface area contributed by atoms with Gasteiger partial charge in [-0.25, -0.2) is 14.6 Å². The third-order valence-corrected chi connectivity index (χ3v) is 11.1. The van der Waals surface area contributed by atoms with Crippen LogP contribution in [-0.4, -0.2) is 31.2 Å². The molecule has 3 heterocycles. The molecule has 3 aromatic heterocycles. The molecule has 1 aliphatic rings. The molecule has 11 nitrogen and oxygen atoms in total. The number of hydrogen-bond acceptors (Lipinski definition) is 10. The summed E-state index contributed by atoms with van der Waals surface area (Å²) in [6.07, 6.45) is 1.85. The highest BCUT2D eigenvalue weighted by molar-refractivity contribution is 6.06. The van der Waals surface area contributed by atoms with Gasteiger partial charge in [0.15, 0.2) is 29.4 Å². The van der Waals surface area contributed by atoms with Crippen LogP contribution in [-0.2, 0) is 16.9 Å². The van der Waals surface area contributed by atoms with E-state index >= 15 is 0 Å². The highest BCUT2D eigenvalue weighted by Crippen LogP contribution is 2.48. The lowest BCUT2D eigenvalue weighted by molar-refractivity contribution is 0.0442. The van der Waals surface area contributed by atoms with E-state index < -0.39 is 17.3 Å². The summed E-state index contributed by atoms with van der Waals surface area (Å²) < 4.78 is 22.4. The Hall–Kier alpha value is -7.92. The topological polar surface area (TPSA) is 135 Å². The molecule has 1 aliphatic carbocycles. The Morgan fingerprint density at radius 1 is 0.721 bits per heavy atom. The van der Waals surface area contributed by atoms with Crippen molar-refractivity contribution < 1.29 is 23.1 Å². The predicted octanol–water partition coefficient (Wildman–Crippen LogP) is 10.3. The zero-order chi connectivity index (χ0) is 41.3. The van der Waals surface area contributed by atoms with Crippen molar-refractivity contribution in [1.82, 2.24) is 25.2 Å². The van der Waals surface area contributed by atoms with Crippen LogP contribution in [0.5, 0.6) is 11.5 Å². The average Bonchev–Trinajstić information content (AvgIpc) is 3.95. The van der Waals surface area contributed by atoms with Crippen LogP contribution in [0.4, 0.5) is 0 Å². The van der Waals surface area contributed by atoms with Crippen molar-refractivity contribution in [3.63, 3.8) is 0 Å². The number of benzene rings is 6. The van der Waals surface area contributed by atoms with E-state index in [1.165, 1.54) is 0 Å². The maximum Gasteiger partial charge on any atom is 0.519 e. The molecule has 0 atom stereocenters. The van der Waals surface area contributed by atoms with Gasteiger partial charge < -0.3 is 18.3 Å². The first kappa shape index (κ1) is 37.4. The molecule has 1 saturated carbocycles. The number of carbonyl (C=O) groups excluding carboxylic acids is 1. The summed E-state index contributed by atoms with van der Waals surface area (Å²) in [5.74, 6) is 0.331. The number of esters is 1. The second kappa shape index (κ2) is 15.7. The van der Waals surface area contributed by atoms with Crippen molar-refractivity contribution >= 4 is 16.9 Å². The predicted molar refractivity (Wildman–Crippen MR) is 228 cm³/mol. The molecule has 0 saturated heterocycles. The van der Waals surface area contributed by atoms with Crippen LogP contribution in [0.25, 0.3) is 33.4 Å². The molecule has 0 N–H and O–H groups in total. The third kappa shape index (κ3) is 6.95. The fourth-order valence-corrected chi connectivity index (χ4v) is 7.96. The Labute approximate surface area is 349 Å². The Morgan fingerprint density at radius 2 is 1.31 bits per heavy atom. The zero-order valence-corrected chi connectivity index (χ0v) is 33.0. The van der Waals surface area contributed by atoms with Gasteiger partial charge >= 0.3 is 11.8 Å². The van der Waals surface area contributed by atoms with Gasteiger partial charge in [0.1, 0.15) is 11.3 Å². The molecule has 0 amide bonds. The van der Waals surface area contributed by atoms with E-state index in [0.29, 0.717) is 33.9 Å². The van der Waals surface area contributed by atoms with Gasteiger partial charge in [-0.05, 0) is 71.0 Å². The number of para-hydroxylation sites is 1. The number of ether oxygens (including phenoxy) is 2. The number of nitrogens with zero attached hydrogens (tertiary/aromatic N) is 5. The quantitative estimate of drug-likeness (QED) is 0.0867. The molecule has 9 aromatic rings. The standard InChI is InChI=1S/C50H37N5O6/c1-32-43(61-49(57)59-32)31-58-48(56)44-41-23-13-14-24-42(41)51-45(34-25-26-34)46(44)60-38-29-27-33(28-30-38)39-21-11-12-22-40(39)47-52-54-55(53-47)50(35-15-5-2-6-16-35,36-17-7-3-8-18-36)37-19-9-4-10-20-37/h2-24,27-30,34H,25-26,31H2,1H3. The zero-order valence-electron chi connectivity index (χ0n) is 33.0. The molecule has 0 aliphatic heterocycles. The van der Waals surface area contributed by atoms with E-state index in [0.717, 1.165) is 46.2 Å². The summed E-state index contributed by atoms with van der Waals surface area (Å²) >= 11 is 0. The van der Waals surface area contributed by atoms with Crippen LogP contribution in [0, 0.1) is 6.92 Å². The van der Waals surface area contributed by atoms with Gasteiger partial charge in [0.05, 0.1) is 11.2 Å². The Balaban J connectivity index is 1.01. The monoisotopic (exact) mass is 803 g/mol. The lowest BCUT2D eigenvalue weighted by atomic mass is 9.77. The molecular weight excluding hydrogens is 767 g/mol. The van der Waals surface area contributed by atoms with Crippen LogP contribution in [0.2, 0.25) is 0 Å². The molecule has 0 bridgehead atoms. The number of aromatic nitrogens is 5. The van der Waals surface area contributed by atoms with Crippen molar-refractivity contribution in [2.24, 2.45) is 0 Å². The largest absolute Gasteiger partial charge is 0.519 e. The van der Waals surface area contributed by atoms with Crippen molar-refractivity contribution in [2.75, 3.05) is 0 Å². The molecule has 0 spiro atoms. The van der Waals surface area contributed by atoms with Gasteiger partial charge in [-0.3, -0.25) is 0 Å². The summed E-state index contributed by atoms with van der Waals surface area (Å²) in [5, 5.41) is 15.2. The van der Waals surface area contributed by atoms with Gasteiger partial charge in [0, 0.05) is 16.9 Å². The summed E-state index contributed by atoms with van der Waals surface area (Å²) in [5.41, 5.74) is 6.24. The minimum atomic E-state index is -0.918. The second-order valence-electron chi connectivity index (χ2n) is 14.9. The summed E-state index contributed by atoms with van der Waals surface area (Å²) in [7, 11) is 0. The fourth-order valence-electron chi connectivity index (χ4n) is 7.96. The number of carbonyl (C=O) groups is 1. The molecular formula is C50H37N5O6. The third-order valence-electron chi connectivity index (χ3n) is 11.1. The van der Waals surface area contributed by atoms with E-state index in [1.807, 2.05) is 127 Å². The first-order valence-corrected chi connectivity index (χ1v) is 20.0. The van der Waals surface area contributed by atoms with Gasteiger partial charge in [-0.1, -0.05) is 146 Å². The van der Waals surface area contributed by atoms with Crippen LogP contribution in [0.15, 0.2) is 177 Å². The van der Waals surface area contributed by atoms with Crippen LogP contribution < -0.4 is 10.6 Å². The smallest absolute Gasteiger partial charge is 0.455 e. The maximum absolute atomic E-state index is 14.0. The van der Waals surface area contributed by atoms with Crippen molar-refractivity contribution in [3.05, 3.63) is 214 Å². The van der Waals surface area contributed by atoms with E-state index in [1.54, 1.807) is 11.7 Å². The molecule has 1 fully saturated rings. The fraction of sp³-hybridized carbons (Fsp3) is 0.120. The molecule has 10 rings (SSSR count). The van der Waals surface area contributed by atoms with Crippen molar-refractivity contribution in [3.8, 4) is 34.0 Å². The van der Waals surface area contributed by atoms with Crippen LogP contribution >= 0.6 is 0 Å². The van der Waals surface area contributed by atoms with Crippen molar-refractivity contribution in [2.45, 2.75) is 37.8 Å². The molecule has 11 heteroatoms. The lowest BCUT2D eigenvalue weighted by Crippen LogP contribution is -2.39. The summed E-state index contributed by atoms with van der Waals surface area (Å²) in [6, 6.07) is 53.8. The average molecular weight is 804 g/mol. The van der Waals surface area contributed by atoms with E-state index in [-0.39, 0.29) is 29.6 Å². The summed E-state index contributed by atoms with van der Waals surface area (Å²) in [6.45, 7) is 1.29. The van der Waals surface area contributed by atoms with Gasteiger partial charge in [0.25, 0.3) is 0 Å². The second-order valence-corrected chi connectivity index (χ2v) is 14.9. The van der Waals surface area contributed by atoms with E-state index in [9.17, 15) is 9.59 Å².